The van der Waals surface area contributed by atoms with Crippen LogP contribution in [0.1, 0.15) is 40.8 Å². The van der Waals surface area contributed by atoms with Gasteiger partial charge in [0, 0.05) is 43.2 Å². The molecule has 1 aliphatic heterocycles. The highest BCUT2D eigenvalue weighted by molar-refractivity contribution is 5.93. The van der Waals surface area contributed by atoms with E-state index in [1.165, 1.54) is 6.07 Å². The molecule has 1 fully saturated rings. The van der Waals surface area contributed by atoms with Crippen LogP contribution in [0.15, 0.2) is 47.1 Å². The van der Waals surface area contributed by atoms with E-state index in [0.717, 1.165) is 18.5 Å². The quantitative estimate of drug-likeness (QED) is 0.224. The van der Waals surface area contributed by atoms with Gasteiger partial charge in [-0.15, -0.1) is 0 Å². The summed E-state index contributed by atoms with van der Waals surface area (Å²) in [6.07, 6.45) is 2.29. The van der Waals surface area contributed by atoms with Gasteiger partial charge in [0.15, 0.2) is 11.6 Å². The number of amides is 1. The molecule has 1 saturated heterocycles. The van der Waals surface area contributed by atoms with E-state index in [4.69, 9.17) is 9.63 Å². The summed E-state index contributed by atoms with van der Waals surface area (Å²) in [5.41, 5.74) is 2.31. The van der Waals surface area contributed by atoms with E-state index in [2.05, 4.69) is 40.9 Å². The maximum atomic E-state index is 12.9. The topological polar surface area (TPSA) is 178 Å². The normalized spacial score (nSPS) is 16.1. The average Bonchev–Trinajstić information content (AvgIpc) is 3.68. The molecule has 0 spiro atoms. The van der Waals surface area contributed by atoms with Crippen molar-refractivity contribution >= 4 is 23.5 Å². The first-order valence-electron chi connectivity index (χ1n) is 11.9. The number of hydrogen-bond acceptors (Lipinski definition) is 11. The number of anilines is 3. The molecule has 0 aliphatic carbocycles. The number of H-pyrrole nitrogens is 1. The van der Waals surface area contributed by atoms with Crippen molar-refractivity contribution in [2.24, 2.45) is 0 Å². The molecular weight excluding hydrogens is 478 g/mol. The van der Waals surface area contributed by atoms with Crippen LogP contribution in [0.4, 0.5) is 17.6 Å². The summed E-state index contributed by atoms with van der Waals surface area (Å²) in [5.74, 6) is 1.40. The van der Waals surface area contributed by atoms with Gasteiger partial charge in [0.05, 0.1) is 24.4 Å². The Bertz CT molecular complexity index is 1360. The molecule has 5 N–H and O–H groups in total. The van der Waals surface area contributed by atoms with Crippen LogP contribution in [0.2, 0.25) is 0 Å². The summed E-state index contributed by atoms with van der Waals surface area (Å²) in [5, 5.41) is 35.6. The molecule has 0 radical (unpaired) electrons. The highest BCUT2D eigenvalue weighted by Crippen LogP contribution is 2.36. The second-order valence-electron chi connectivity index (χ2n) is 8.73. The number of aromatic amines is 1. The Kier molecular flexibility index (Phi) is 7.05. The van der Waals surface area contributed by atoms with Crippen LogP contribution in [0.5, 0.6) is 0 Å². The van der Waals surface area contributed by atoms with Gasteiger partial charge in [0.25, 0.3) is 5.91 Å². The van der Waals surface area contributed by atoms with Gasteiger partial charge in [0.2, 0.25) is 5.95 Å². The van der Waals surface area contributed by atoms with E-state index < -0.39 is 18.6 Å². The molecule has 13 heteroatoms. The first-order chi connectivity index (χ1) is 18.0. The van der Waals surface area contributed by atoms with Crippen LogP contribution >= 0.6 is 0 Å². The Hall–Kier alpha value is -4.36. The fraction of sp³-hybridized carbons (Fsp3) is 0.333. The highest BCUT2D eigenvalue weighted by atomic mass is 16.5. The SMILES string of the molecule is Cc1cc(Nc2cc(C(=O)NC[C@@H](O)CO)nc(N3CCC[C@H]3c3cc(-c4ccccn4)no3)n2)n[nH]1. The summed E-state index contributed by atoms with van der Waals surface area (Å²) < 4.78 is 5.69. The second-order valence-corrected chi connectivity index (χ2v) is 8.73. The van der Waals surface area contributed by atoms with Crippen molar-refractivity contribution < 1.29 is 19.5 Å². The Morgan fingerprint density at radius 1 is 1.24 bits per heavy atom. The van der Waals surface area contributed by atoms with E-state index in [1.54, 1.807) is 6.20 Å². The summed E-state index contributed by atoms with van der Waals surface area (Å²) in [6.45, 7) is 1.95. The standard InChI is InChI=1S/C24H27N9O4/c1-14-9-22(31-30-14)28-21-11-18(23(36)26-12-15(35)13-34)27-24(29-21)33-8-4-6-19(33)20-10-17(32-37-20)16-5-2-3-7-25-16/h2-3,5,7,9-11,15,19,34-35H,4,6,8,12-13H2,1H3,(H,26,36)(H2,27,28,29,30,31)/t15-,19+/m1/s1. The highest BCUT2D eigenvalue weighted by Gasteiger charge is 2.32. The molecule has 5 rings (SSSR count). The van der Waals surface area contributed by atoms with Gasteiger partial charge in [-0.3, -0.25) is 14.9 Å². The fourth-order valence-electron chi connectivity index (χ4n) is 4.11. The molecule has 5 heterocycles. The number of nitrogens with zero attached hydrogens (tertiary/aromatic N) is 6. The minimum absolute atomic E-state index is 0.0993. The largest absolute Gasteiger partial charge is 0.394 e. The van der Waals surface area contributed by atoms with Gasteiger partial charge >= 0.3 is 0 Å². The van der Waals surface area contributed by atoms with Crippen molar-refractivity contribution in [2.45, 2.75) is 31.9 Å². The maximum absolute atomic E-state index is 12.9. The minimum atomic E-state index is -1.07. The number of carbonyl (C=O) groups is 1. The molecule has 37 heavy (non-hydrogen) atoms. The molecule has 4 aromatic heterocycles. The average molecular weight is 506 g/mol. The summed E-state index contributed by atoms with van der Waals surface area (Å²) in [7, 11) is 0. The van der Waals surface area contributed by atoms with Crippen molar-refractivity contribution in [2.75, 3.05) is 29.9 Å². The Morgan fingerprint density at radius 3 is 2.89 bits per heavy atom. The Morgan fingerprint density at radius 2 is 2.14 bits per heavy atom. The Labute approximate surface area is 212 Å². The summed E-state index contributed by atoms with van der Waals surface area (Å²) in [6, 6.07) is 10.6. The minimum Gasteiger partial charge on any atom is -0.394 e. The third kappa shape index (κ3) is 5.57. The van der Waals surface area contributed by atoms with Gasteiger partial charge < -0.3 is 30.3 Å². The van der Waals surface area contributed by atoms with Crippen LogP contribution in [0.3, 0.4) is 0 Å². The van der Waals surface area contributed by atoms with Crippen LogP contribution in [-0.2, 0) is 0 Å². The third-order valence-corrected chi connectivity index (χ3v) is 5.91. The van der Waals surface area contributed by atoms with Crippen molar-refractivity contribution in [1.29, 1.82) is 0 Å². The van der Waals surface area contributed by atoms with E-state index in [0.29, 0.717) is 41.3 Å². The lowest BCUT2D eigenvalue weighted by molar-refractivity contribution is 0.0798. The zero-order valence-electron chi connectivity index (χ0n) is 20.1. The molecule has 13 nitrogen and oxygen atoms in total. The number of carbonyl (C=O) groups excluding carboxylic acids is 1. The number of rotatable bonds is 9. The van der Waals surface area contributed by atoms with Crippen LogP contribution in [0.25, 0.3) is 11.4 Å². The third-order valence-electron chi connectivity index (χ3n) is 5.91. The monoisotopic (exact) mass is 505 g/mol. The molecule has 2 atom stereocenters. The molecule has 0 unspecified atom stereocenters. The number of pyridine rings is 1. The molecule has 0 saturated carbocycles. The van der Waals surface area contributed by atoms with Gasteiger partial charge in [0.1, 0.15) is 17.2 Å². The fourth-order valence-corrected chi connectivity index (χ4v) is 4.11. The molecule has 1 amide bonds. The summed E-state index contributed by atoms with van der Waals surface area (Å²) in [4.78, 5) is 28.3. The van der Waals surface area contributed by atoms with E-state index >= 15 is 0 Å². The predicted octanol–water partition coefficient (Wildman–Crippen LogP) is 1.73. The lowest BCUT2D eigenvalue weighted by Crippen LogP contribution is -2.35. The van der Waals surface area contributed by atoms with Crippen molar-refractivity contribution in [1.82, 2.24) is 35.6 Å². The Balaban J connectivity index is 1.44. The van der Waals surface area contributed by atoms with Crippen LogP contribution < -0.4 is 15.5 Å². The zero-order valence-corrected chi connectivity index (χ0v) is 20.1. The first kappa shape index (κ1) is 24.3. The van der Waals surface area contributed by atoms with Gasteiger partial charge in [-0.2, -0.15) is 10.1 Å². The lowest BCUT2D eigenvalue weighted by Gasteiger charge is -2.23. The van der Waals surface area contributed by atoms with E-state index in [-0.39, 0.29) is 18.3 Å². The van der Waals surface area contributed by atoms with E-state index in [1.807, 2.05) is 42.2 Å². The summed E-state index contributed by atoms with van der Waals surface area (Å²) >= 11 is 0. The predicted molar refractivity (Wildman–Crippen MR) is 133 cm³/mol. The number of aryl methyl sites for hydroxylation is 1. The number of aromatic nitrogens is 6. The maximum Gasteiger partial charge on any atom is 0.270 e. The molecular formula is C24H27N9O4. The molecule has 1 aliphatic rings. The second kappa shape index (κ2) is 10.7. The number of aliphatic hydroxyl groups excluding tert-OH is 2. The number of nitrogens with one attached hydrogen (secondary N) is 3. The molecule has 4 aromatic rings. The van der Waals surface area contributed by atoms with Crippen LogP contribution in [0, 0.1) is 6.92 Å². The molecule has 0 bridgehead atoms. The zero-order chi connectivity index (χ0) is 25.8. The number of aliphatic hydroxyl groups is 2. The van der Waals surface area contributed by atoms with Gasteiger partial charge in [-0.05, 0) is 31.9 Å². The lowest BCUT2D eigenvalue weighted by atomic mass is 10.1. The van der Waals surface area contributed by atoms with Crippen molar-refractivity contribution in [3.8, 4) is 11.4 Å². The molecule has 192 valence electrons. The van der Waals surface area contributed by atoms with Crippen LogP contribution in [-0.4, -0.2) is 72.2 Å². The van der Waals surface area contributed by atoms with Crippen molar-refractivity contribution in [3.05, 3.63) is 59.7 Å². The molecule has 0 aromatic carbocycles. The number of hydrogen-bond donors (Lipinski definition) is 5. The first-order valence-corrected chi connectivity index (χ1v) is 11.9. The van der Waals surface area contributed by atoms with Gasteiger partial charge in [-0.1, -0.05) is 11.2 Å². The van der Waals surface area contributed by atoms with Gasteiger partial charge in [-0.25, -0.2) is 4.98 Å². The van der Waals surface area contributed by atoms with Crippen molar-refractivity contribution in [3.63, 3.8) is 0 Å². The van der Waals surface area contributed by atoms with E-state index in [9.17, 15) is 9.90 Å². The smallest absolute Gasteiger partial charge is 0.270 e.